The molecule has 122 valence electrons. The van der Waals surface area contributed by atoms with Crippen LogP contribution in [0.1, 0.15) is 47.5 Å². The van der Waals surface area contributed by atoms with Gasteiger partial charge in [0.05, 0.1) is 7.11 Å². The van der Waals surface area contributed by atoms with E-state index in [4.69, 9.17) is 9.47 Å². The molecular formula is C15H28N2O4. The fourth-order valence-electron chi connectivity index (χ4n) is 2.36. The van der Waals surface area contributed by atoms with Crippen molar-refractivity contribution in [3.63, 3.8) is 0 Å². The topological polar surface area (TPSA) is 67.9 Å². The van der Waals surface area contributed by atoms with Crippen LogP contribution in [-0.2, 0) is 14.3 Å². The molecular weight excluding hydrogens is 272 g/mol. The Kier molecular flexibility index (Phi) is 5.61. The zero-order chi connectivity index (χ0) is 16.3. The lowest BCUT2D eigenvalue weighted by atomic mass is 9.99. The second kappa shape index (κ2) is 6.64. The zero-order valence-electron chi connectivity index (χ0n) is 14.0. The molecule has 6 heteroatoms. The normalized spacial score (nSPS) is 17.5. The summed E-state index contributed by atoms with van der Waals surface area (Å²) in [5.74, 6) is -0.280. The van der Waals surface area contributed by atoms with Crippen molar-refractivity contribution in [1.29, 1.82) is 0 Å². The molecule has 1 rings (SSSR count). The highest BCUT2D eigenvalue weighted by atomic mass is 16.6. The van der Waals surface area contributed by atoms with Crippen LogP contribution in [0.5, 0.6) is 0 Å². The van der Waals surface area contributed by atoms with Gasteiger partial charge in [0.2, 0.25) is 0 Å². The smallest absolute Gasteiger partial charge is 0.410 e. The molecule has 0 unspecified atom stereocenters. The lowest BCUT2D eigenvalue weighted by Crippen LogP contribution is -2.55. The van der Waals surface area contributed by atoms with Crippen LogP contribution in [0.4, 0.5) is 4.79 Å². The van der Waals surface area contributed by atoms with Gasteiger partial charge in [-0.25, -0.2) is 4.79 Å². The summed E-state index contributed by atoms with van der Waals surface area (Å²) in [4.78, 5) is 25.4. The van der Waals surface area contributed by atoms with Gasteiger partial charge in [-0.3, -0.25) is 10.1 Å². The van der Waals surface area contributed by atoms with E-state index in [1.54, 1.807) is 18.7 Å². The van der Waals surface area contributed by atoms with E-state index >= 15 is 0 Å². The first-order valence-electron chi connectivity index (χ1n) is 7.39. The molecule has 0 aromatic rings. The van der Waals surface area contributed by atoms with Crippen molar-refractivity contribution in [1.82, 2.24) is 10.2 Å². The minimum absolute atomic E-state index is 0.192. The fraction of sp³-hybridized carbons (Fsp3) is 0.867. The average molecular weight is 300 g/mol. The molecule has 0 aromatic heterocycles. The van der Waals surface area contributed by atoms with Crippen LogP contribution in [0.25, 0.3) is 0 Å². The summed E-state index contributed by atoms with van der Waals surface area (Å²) in [6, 6.07) is 0.192. The second-order valence-corrected chi connectivity index (χ2v) is 7.00. The van der Waals surface area contributed by atoms with Crippen LogP contribution in [0.15, 0.2) is 0 Å². The lowest BCUT2D eigenvalue weighted by molar-refractivity contribution is -0.147. The van der Waals surface area contributed by atoms with Gasteiger partial charge in [0.25, 0.3) is 0 Å². The molecule has 1 heterocycles. The van der Waals surface area contributed by atoms with E-state index in [1.807, 2.05) is 20.8 Å². The van der Waals surface area contributed by atoms with E-state index in [1.165, 1.54) is 7.11 Å². The third kappa shape index (κ3) is 5.53. The van der Waals surface area contributed by atoms with Gasteiger partial charge < -0.3 is 14.4 Å². The number of amides is 1. The van der Waals surface area contributed by atoms with Gasteiger partial charge in [-0.1, -0.05) is 0 Å². The summed E-state index contributed by atoms with van der Waals surface area (Å²) >= 11 is 0. The van der Waals surface area contributed by atoms with Gasteiger partial charge in [-0.2, -0.15) is 0 Å². The standard InChI is InChI=1S/C15H28N2O4/c1-14(2,3)21-13(19)17-9-7-11(8-10-17)16-15(4,5)12(18)20-6/h11,16H,7-10H2,1-6H3. The molecule has 1 amide bonds. The number of piperidine rings is 1. The Hall–Kier alpha value is -1.30. The van der Waals surface area contributed by atoms with Gasteiger partial charge >= 0.3 is 12.1 Å². The summed E-state index contributed by atoms with van der Waals surface area (Å²) in [5.41, 5.74) is -1.19. The van der Waals surface area contributed by atoms with E-state index < -0.39 is 11.1 Å². The SMILES string of the molecule is COC(=O)C(C)(C)NC1CCN(C(=O)OC(C)(C)C)CC1. The first-order valence-corrected chi connectivity index (χ1v) is 7.39. The maximum atomic E-state index is 12.0. The molecule has 21 heavy (non-hydrogen) atoms. The van der Waals surface area contributed by atoms with Gasteiger partial charge in [0, 0.05) is 19.1 Å². The molecule has 6 nitrogen and oxygen atoms in total. The Morgan fingerprint density at radius 1 is 1.10 bits per heavy atom. The molecule has 0 radical (unpaired) electrons. The molecule has 1 saturated heterocycles. The minimum atomic E-state index is -0.715. The van der Waals surface area contributed by atoms with Crippen molar-refractivity contribution < 1.29 is 19.1 Å². The highest BCUT2D eigenvalue weighted by molar-refractivity contribution is 5.79. The fourth-order valence-corrected chi connectivity index (χ4v) is 2.36. The first kappa shape index (κ1) is 17.8. The predicted octanol–water partition coefficient (Wildman–Crippen LogP) is 1.93. The maximum absolute atomic E-state index is 12.0. The van der Waals surface area contributed by atoms with Crippen molar-refractivity contribution >= 4 is 12.1 Å². The highest BCUT2D eigenvalue weighted by Crippen LogP contribution is 2.17. The summed E-state index contributed by atoms with van der Waals surface area (Å²) in [5, 5.41) is 3.30. The van der Waals surface area contributed by atoms with E-state index in [9.17, 15) is 9.59 Å². The number of hydrogen-bond acceptors (Lipinski definition) is 5. The molecule has 1 aliphatic rings. The number of rotatable bonds is 3. The Morgan fingerprint density at radius 3 is 2.05 bits per heavy atom. The van der Waals surface area contributed by atoms with Crippen LogP contribution in [0.2, 0.25) is 0 Å². The van der Waals surface area contributed by atoms with Crippen LogP contribution in [-0.4, -0.2) is 54.3 Å². The van der Waals surface area contributed by atoms with Gasteiger partial charge in [-0.05, 0) is 47.5 Å². The monoisotopic (exact) mass is 300 g/mol. The van der Waals surface area contributed by atoms with Crippen molar-refractivity contribution in [2.24, 2.45) is 0 Å². The van der Waals surface area contributed by atoms with E-state index in [-0.39, 0.29) is 18.1 Å². The number of hydrogen-bond donors (Lipinski definition) is 1. The van der Waals surface area contributed by atoms with E-state index in [0.29, 0.717) is 13.1 Å². The van der Waals surface area contributed by atoms with Crippen LogP contribution in [0, 0.1) is 0 Å². The Labute approximate surface area is 127 Å². The van der Waals surface area contributed by atoms with E-state index in [2.05, 4.69) is 5.32 Å². The third-order valence-corrected chi connectivity index (χ3v) is 3.41. The van der Waals surface area contributed by atoms with E-state index in [0.717, 1.165) is 12.8 Å². The van der Waals surface area contributed by atoms with Crippen molar-refractivity contribution in [3.8, 4) is 0 Å². The quantitative estimate of drug-likeness (QED) is 0.807. The summed E-state index contributed by atoms with van der Waals surface area (Å²) in [6.07, 6.45) is 1.31. The number of carbonyl (C=O) groups is 2. The molecule has 0 aliphatic carbocycles. The lowest BCUT2D eigenvalue weighted by Gasteiger charge is -2.36. The minimum Gasteiger partial charge on any atom is -0.468 e. The van der Waals surface area contributed by atoms with Crippen molar-refractivity contribution in [3.05, 3.63) is 0 Å². The molecule has 1 aliphatic heterocycles. The molecule has 1 N–H and O–H groups in total. The number of carbonyl (C=O) groups excluding carboxylic acids is 2. The van der Waals surface area contributed by atoms with Crippen molar-refractivity contribution in [2.75, 3.05) is 20.2 Å². The largest absolute Gasteiger partial charge is 0.468 e. The Morgan fingerprint density at radius 2 is 1.62 bits per heavy atom. The number of nitrogens with zero attached hydrogens (tertiary/aromatic N) is 1. The van der Waals surface area contributed by atoms with Gasteiger partial charge in [0.1, 0.15) is 11.1 Å². The van der Waals surface area contributed by atoms with Crippen molar-refractivity contribution in [2.45, 2.75) is 64.6 Å². The number of esters is 1. The molecule has 0 bridgehead atoms. The number of ether oxygens (including phenoxy) is 2. The number of methoxy groups -OCH3 is 1. The molecule has 0 atom stereocenters. The summed E-state index contributed by atoms with van der Waals surface area (Å²) in [6.45, 7) is 10.4. The van der Waals surface area contributed by atoms with Gasteiger partial charge in [0.15, 0.2) is 0 Å². The summed E-state index contributed by atoms with van der Waals surface area (Å²) in [7, 11) is 1.39. The molecule has 0 saturated carbocycles. The van der Waals surface area contributed by atoms with Crippen LogP contribution in [0.3, 0.4) is 0 Å². The Bertz CT molecular complexity index is 380. The molecule has 0 spiro atoms. The predicted molar refractivity (Wildman–Crippen MR) is 80.1 cm³/mol. The van der Waals surface area contributed by atoms with Crippen LogP contribution < -0.4 is 5.32 Å². The molecule has 1 fully saturated rings. The number of nitrogens with one attached hydrogen (secondary N) is 1. The maximum Gasteiger partial charge on any atom is 0.410 e. The molecule has 0 aromatic carbocycles. The second-order valence-electron chi connectivity index (χ2n) is 7.00. The van der Waals surface area contributed by atoms with Gasteiger partial charge in [-0.15, -0.1) is 0 Å². The zero-order valence-corrected chi connectivity index (χ0v) is 14.0. The summed E-state index contributed by atoms with van der Waals surface area (Å²) < 4.78 is 10.1. The highest BCUT2D eigenvalue weighted by Gasteiger charge is 2.33. The third-order valence-electron chi connectivity index (χ3n) is 3.41. The first-order chi connectivity index (χ1) is 9.55. The van der Waals surface area contributed by atoms with Crippen LogP contribution >= 0.6 is 0 Å². The number of likely N-dealkylation sites (tertiary alicyclic amines) is 1. The Balaban J connectivity index is 2.46. The average Bonchev–Trinajstić information content (AvgIpc) is 2.36.